The first kappa shape index (κ1) is 13.4. The van der Waals surface area contributed by atoms with Crippen LogP contribution in [0, 0.1) is 6.92 Å². The van der Waals surface area contributed by atoms with Crippen molar-refractivity contribution in [1.29, 1.82) is 0 Å². The molecule has 1 aromatic carbocycles. The molecule has 0 aliphatic carbocycles. The van der Waals surface area contributed by atoms with Crippen LogP contribution < -0.4 is 11.1 Å². The van der Waals surface area contributed by atoms with E-state index in [0.29, 0.717) is 25.7 Å². The van der Waals surface area contributed by atoms with Gasteiger partial charge in [-0.1, -0.05) is 17.7 Å². The van der Waals surface area contributed by atoms with E-state index in [9.17, 15) is 4.79 Å². The SMILES string of the molecule is Cc1sc(C(=O)Nc2cccc(Cl)c2Br)cc1N. The zero-order chi connectivity index (χ0) is 13.3. The van der Waals surface area contributed by atoms with E-state index in [0.717, 1.165) is 4.88 Å². The van der Waals surface area contributed by atoms with Crippen LogP contribution >= 0.6 is 38.9 Å². The van der Waals surface area contributed by atoms with E-state index >= 15 is 0 Å². The normalized spacial score (nSPS) is 10.4. The number of amides is 1. The van der Waals surface area contributed by atoms with Gasteiger partial charge in [0.05, 0.1) is 20.1 Å². The van der Waals surface area contributed by atoms with E-state index in [1.807, 2.05) is 6.92 Å². The molecule has 3 N–H and O–H groups in total. The van der Waals surface area contributed by atoms with Crippen LogP contribution in [0.3, 0.4) is 0 Å². The first-order valence-corrected chi connectivity index (χ1v) is 7.09. The number of carbonyl (C=O) groups is 1. The Morgan fingerprint density at radius 1 is 1.50 bits per heavy atom. The fraction of sp³-hybridized carbons (Fsp3) is 0.0833. The van der Waals surface area contributed by atoms with E-state index in [2.05, 4.69) is 21.2 Å². The number of anilines is 2. The van der Waals surface area contributed by atoms with Gasteiger partial charge in [-0.2, -0.15) is 0 Å². The maximum atomic E-state index is 12.0. The van der Waals surface area contributed by atoms with Crippen molar-refractivity contribution in [2.45, 2.75) is 6.92 Å². The summed E-state index contributed by atoms with van der Waals surface area (Å²) in [6, 6.07) is 6.97. The molecule has 6 heteroatoms. The molecule has 0 spiro atoms. The predicted octanol–water partition coefficient (Wildman–Crippen LogP) is 4.31. The van der Waals surface area contributed by atoms with Crippen LogP contribution in [0.15, 0.2) is 28.7 Å². The monoisotopic (exact) mass is 344 g/mol. The van der Waals surface area contributed by atoms with Crippen molar-refractivity contribution in [3.63, 3.8) is 0 Å². The highest BCUT2D eigenvalue weighted by molar-refractivity contribution is 9.10. The van der Waals surface area contributed by atoms with Crippen LogP contribution in [0.2, 0.25) is 5.02 Å². The molecule has 3 nitrogen and oxygen atoms in total. The van der Waals surface area contributed by atoms with Gasteiger partial charge in [0.15, 0.2) is 0 Å². The average molecular weight is 346 g/mol. The summed E-state index contributed by atoms with van der Waals surface area (Å²) in [7, 11) is 0. The lowest BCUT2D eigenvalue weighted by atomic mass is 10.3. The Bertz CT molecular complexity index is 593. The minimum Gasteiger partial charge on any atom is -0.398 e. The third-order valence-electron chi connectivity index (χ3n) is 2.38. The minimum atomic E-state index is -0.192. The van der Waals surface area contributed by atoms with Gasteiger partial charge in [-0.15, -0.1) is 11.3 Å². The largest absolute Gasteiger partial charge is 0.398 e. The van der Waals surface area contributed by atoms with Gasteiger partial charge in [0.25, 0.3) is 5.91 Å². The fourth-order valence-electron chi connectivity index (χ4n) is 1.39. The molecule has 0 bridgehead atoms. The number of aryl methyl sites for hydroxylation is 1. The number of thiophene rings is 1. The molecule has 0 saturated heterocycles. The highest BCUT2D eigenvalue weighted by Crippen LogP contribution is 2.31. The number of nitrogen functional groups attached to an aromatic ring is 1. The third-order valence-corrected chi connectivity index (χ3v) is 4.84. The maximum Gasteiger partial charge on any atom is 0.265 e. The predicted molar refractivity (Wildman–Crippen MR) is 80.6 cm³/mol. The molecule has 1 heterocycles. The molecule has 0 fully saturated rings. The van der Waals surface area contributed by atoms with Crippen molar-refractivity contribution >= 4 is 56.1 Å². The Morgan fingerprint density at radius 3 is 2.83 bits per heavy atom. The van der Waals surface area contributed by atoms with Crippen molar-refractivity contribution < 1.29 is 4.79 Å². The Hall–Kier alpha value is -1.04. The van der Waals surface area contributed by atoms with Crippen LogP contribution in [-0.2, 0) is 0 Å². The smallest absolute Gasteiger partial charge is 0.265 e. The number of rotatable bonds is 2. The quantitative estimate of drug-likeness (QED) is 0.852. The Balaban J connectivity index is 2.24. The zero-order valence-electron chi connectivity index (χ0n) is 9.46. The van der Waals surface area contributed by atoms with Crippen molar-refractivity contribution in [3.8, 4) is 0 Å². The lowest BCUT2D eigenvalue weighted by molar-refractivity contribution is 0.103. The summed E-state index contributed by atoms with van der Waals surface area (Å²) in [5, 5.41) is 3.34. The van der Waals surface area contributed by atoms with Crippen molar-refractivity contribution in [1.82, 2.24) is 0 Å². The molecular weight excluding hydrogens is 336 g/mol. The Labute approximate surface area is 122 Å². The van der Waals surface area contributed by atoms with E-state index in [-0.39, 0.29) is 5.91 Å². The summed E-state index contributed by atoms with van der Waals surface area (Å²) in [5.41, 5.74) is 7.00. The summed E-state index contributed by atoms with van der Waals surface area (Å²) in [5.74, 6) is -0.192. The van der Waals surface area contributed by atoms with Crippen LogP contribution in [0.5, 0.6) is 0 Å². The molecule has 2 rings (SSSR count). The summed E-state index contributed by atoms with van der Waals surface area (Å²) in [6.07, 6.45) is 0. The average Bonchev–Trinajstić information content (AvgIpc) is 2.66. The number of benzene rings is 1. The third kappa shape index (κ3) is 2.68. The van der Waals surface area contributed by atoms with Gasteiger partial charge in [0.2, 0.25) is 0 Å². The molecule has 0 unspecified atom stereocenters. The second-order valence-electron chi connectivity index (χ2n) is 3.68. The number of hydrogen-bond acceptors (Lipinski definition) is 3. The molecule has 0 aliphatic rings. The van der Waals surface area contributed by atoms with Crippen LogP contribution in [-0.4, -0.2) is 5.91 Å². The van der Waals surface area contributed by atoms with Crippen LogP contribution in [0.4, 0.5) is 11.4 Å². The number of hydrogen-bond donors (Lipinski definition) is 2. The van der Waals surface area contributed by atoms with E-state index in [4.69, 9.17) is 17.3 Å². The van der Waals surface area contributed by atoms with Gasteiger partial charge >= 0.3 is 0 Å². The van der Waals surface area contributed by atoms with E-state index < -0.39 is 0 Å². The maximum absolute atomic E-state index is 12.0. The number of nitrogens with two attached hydrogens (primary N) is 1. The Kier molecular flexibility index (Phi) is 3.94. The first-order chi connectivity index (χ1) is 8.49. The fourth-order valence-corrected chi connectivity index (χ4v) is 2.77. The summed E-state index contributed by atoms with van der Waals surface area (Å²) in [4.78, 5) is 13.5. The van der Waals surface area contributed by atoms with E-state index in [1.54, 1.807) is 24.3 Å². The lowest BCUT2D eigenvalue weighted by Gasteiger charge is -2.06. The molecule has 1 amide bonds. The molecule has 0 aliphatic heterocycles. The standard InChI is InChI=1S/C12H10BrClN2OS/c1-6-8(15)5-10(18-6)12(17)16-9-4-2-3-7(14)11(9)13/h2-5H,15H2,1H3,(H,16,17). The van der Waals surface area contributed by atoms with Crippen molar-refractivity contribution in [2.24, 2.45) is 0 Å². The molecule has 94 valence electrons. The number of nitrogens with one attached hydrogen (secondary N) is 1. The molecule has 0 saturated carbocycles. The summed E-state index contributed by atoms with van der Waals surface area (Å²) in [6.45, 7) is 1.88. The highest BCUT2D eigenvalue weighted by atomic mass is 79.9. The van der Waals surface area contributed by atoms with Gasteiger partial charge in [0, 0.05) is 10.6 Å². The molecular formula is C12H10BrClN2OS. The summed E-state index contributed by atoms with van der Waals surface area (Å²) < 4.78 is 0.668. The van der Waals surface area contributed by atoms with E-state index in [1.165, 1.54) is 11.3 Å². The van der Waals surface area contributed by atoms with Crippen molar-refractivity contribution in [3.05, 3.63) is 43.5 Å². The van der Waals surface area contributed by atoms with Crippen LogP contribution in [0.1, 0.15) is 14.5 Å². The summed E-state index contributed by atoms with van der Waals surface area (Å²) >= 11 is 10.7. The highest BCUT2D eigenvalue weighted by Gasteiger charge is 2.13. The molecule has 18 heavy (non-hydrogen) atoms. The lowest BCUT2D eigenvalue weighted by Crippen LogP contribution is -2.10. The van der Waals surface area contributed by atoms with Gasteiger partial charge in [0.1, 0.15) is 0 Å². The first-order valence-electron chi connectivity index (χ1n) is 5.10. The van der Waals surface area contributed by atoms with Crippen molar-refractivity contribution in [2.75, 3.05) is 11.1 Å². The number of halogens is 2. The second-order valence-corrected chi connectivity index (χ2v) is 6.13. The van der Waals surface area contributed by atoms with Gasteiger partial charge < -0.3 is 11.1 Å². The molecule has 2 aromatic rings. The van der Waals surface area contributed by atoms with Gasteiger partial charge in [-0.05, 0) is 41.1 Å². The molecule has 1 aromatic heterocycles. The van der Waals surface area contributed by atoms with Gasteiger partial charge in [-0.3, -0.25) is 4.79 Å². The second kappa shape index (κ2) is 5.30. The van der Waals surface area contributed by atoms with Gasteiger partial charge in [-0.25, -0.2) is 0 Å². The molecule has 0 atom stereocenters. The minimum absolute atomic E-state index is 0.192. The molecule has 0 radical (unpaired) electrons. The topological polar surface area (TPSA) is 55.1 Å². The number of carbonyl (C=O) groups excluding carboxylic acids is 1. The zero-order valence-corrected chi connectivity index (χ0v) is 12.6. The van der Waals surface area contributed by atoms with Crippen LogP contribution in [0.25, 0.3) is 0 Å². The Morgan fingerprint density at radius 2 is 2.22 bits per heavy atom.